The van der Waals surface area contributed by atoms with Crippen molar-refractivity contribution in [2.75, 3.05) is 9.80 Å². The average Bonchev–Trinajstić information content (AvgIpc) is 3.61. The highest BCUT2D eigenvalue weighted by atomic mass is 32.1. The summed E-state index contributed by atoms with van der Waals surface area (Å²) in [6.07, 6.45) is 2.36. The molecule has 0 unspecified atom stereocenters. The molecule has 0 spiro atoms. The highest BCUT2D eigenvalue weighted by molar-refractivity contribution is 7.33. The van der Waals surface area contributed by atoms with Crippen LogP contribution in [-0.4, -0.2) is 6.71 Å². The van der Waals surface area contributed by atoms with Crippen molar-refractivity contribution in [2.45, 2.75) is 137 Å². The van der Waals surface area contributed by atoms with Gasteiger partial charge >= 0.3 is 0 Å². The van der Waals surface area contributed by atoms with E-state index in [0.717, 1.165) is 16.8 Å². The van der Waals surface area contributed by atoms with Crippen LogP contribution in [0.5, 0.6) is 0 Å². The van der Waals surface area contributed by atoms with Crippen LogP contribution in [0.4, 0.5) is 34.1 Å². The molecule has 7 aromatic rings. The predicted molar refractivity (Wildman–Crippen MR) is 282 cm³/mol. The van der Waals surface area contributed by atoms with E-state index < -0.39 is 0 Å². The average molecular weight is 870 g/mol. The molecule has 0 amide bonds. The first-order valence-electron chi connectivity index (χ1n) is 23.7. The molecule has 1 aliphatic carbocycles. The molecule has 3 aliphatic rings. The summed E-state index contributed by atoms with van der Waals surface area (Å²) in [5.41, 5.74) is 20.7. The molecule has 328 valence electrons. The third kappa shape index (κ3) is 6.88. The molecule has 5 heteroatoms. The third-order valence-corrected chi connectivity index (χ3v) is 16.3. The van der Waals surface area contributed by atoms with Crippen LogP contribution >= 0.6 is 11.3 Å². The van der Waals surface area contributed by atoms with Crippen molar-refractivity contribution in [3.63, 3.8) is 0 Å². The number of hydrogen-bond donors (Lipinski definition) is 0. The molecule has 6 aromatic carbocycles. The Bertz CT molecular complexity index is 3140. The third-order valence-electron chi connectivity index (χ3n) is 15.1. The van der Waals surface area contributed by atoms with Crippen molar-refractivity contribution >= 4 is 78.0 Å². The first kappa shape index (κ1) is 43.3. The summed E-state index contributed by atoms with van der Waals surface area (Å²) in [7, 11) is 0. The van der Waals surface area contributed by atoms with Crippen molar-refractivity contribution in [1.82, 2.24) is 0 Å². The zero-order chi connectivity index (χ0) is 46.3. The van der Waals surface area contributed by atoms with Crippen LogP contribution in [0.1, 0.15) is 142 Å². The topological polar surface area (TPSA) is 30.3 Å². The van der Waals surface area contributed by atoms with E-state index in [2.05, 4.69) is 210 Å². The summed E-state index contributed by atoms with van der Waals surface area (Å²) in [6, 6.07) is 44.4. The van der Waals surface area contributed by atoms with Gasteiger partial charge in [0, 0.05) is 48.7 Å². The van der Waals surface area contributed by atoms with E-state index in [9.17, 15) is 5.26 Å². The Balaban J connectivity index is 1.34. The van der Waals surface area contributed by atoms with Gasteiger partial charge in [0.25, 0.3) is 6.71 Å². The Morgan fingerprint density at radius 1 is 0.585 bits per heavy atom. The van der Waals surface area contributed by atoms with E-state index >= 15 is 0 Å². The predicted octanol–water partition coefficient (Wildman–Crippen LogP) is 15.1. The Hall–Kier alpha value is -5.57. The quantitative estimate of drug-likeness (QED) is 0.166. The molecule has 0 saturated heterocycles. The van der Waals surface area contributed by atoms with Gasteiger partial charge in [0.1, 0.15) is 0 Å². The van der Waals surface area contributed by atoms with Crippen LogP contribution in [-0.2, 0) is 27.1 Å². The van der Waals surface area contributed by atoms with Crippen LogP contribution in [0.3, 0.4) is 0 Å². The van der Waals surface area contributed by atoms with Gasteiger partial charge in [-0.3, -0.25) is 0 Å². The van der Waals surface area contributed by atoms with E-state index in [1.807, 2.05) is 23.5 Å². The number of fused-ring (bicyclic) bond motifs is 7. The van der Waals surface area contributed by atoms with Gasteiger partial charge in [0.2, 0.25) is 0 Å². The minimum Gasteiger partial charge on any atom is -0.311 e. The maximum absolute atomic E-state index is 10.6. The fourth-order valence-corrected chi connectivity index (χ4v) is 12.4. The van der Waals surface area contributed by atoms with Crippen LogP contribution in [0, 0.1) is 18.3 Å². The SMILES string of the molecule is Cc1cc2c3c(c1)N(c1ccc(C(C)(C)C)cc1)c1c(sc4cc5c(cc14)C(C)(C)CCC5(C)C)B3c1cc(C(C)(C)C)ccc1N2c1ccc(C(C)(C)C)cc1-c1ccccc1C#N. The second-order valence-electron chi connectivity index (χ2n) is 23.8. The lowest BCUT2D eigenvalue weighted by Crippen LogP contribution is -2.60. The number of benzene rings is 6. The van der Waals surface area contributed by atoms with Crippen LogP contribution in [0.2, 0.25) is 0 Å². The van der Waals surface area contributed by atoms with Gasteiger partial charge in [0.15, 0.2) is 0 Å². The molecule has 2 aliphatic heterocycles. The maximum atomic E-state index is 10.6. The van der Waals surface area contributed by atoms with E-state index in [1.54, 1.807) is 0 Å². The van der Waals surface area contributed by atoms with Crippen molar-refractivity contribution < 1.29 is 0 Å². The molecule has 1 aromatic heterocycles. The van der Waals surface area contributed by atoms with Crippen molar-refractivity contribution in [2.24, 2.45) is 0 Å². The standard InChI is InChI=1S/C60H64BN3S/c1-36-29-50-53-51(30-36)64(48-25-21-39(57(5,6)7)31-43(48)42-18-16-15-17-37(42)35-62)49-26-22-40(58(8,9)10)32-47(49)61(53)55-54(63(50)41-23-19-38(20-24-41)56(2,3)4)44-33-45-46(34-52(44)65-55)60(13,14)28-27-59(45,11)12/h15-26,29-34H,27-28H2,1-14H3. The highest BCUT2D eigenvalue weighted by Crippen LogP contribution is 2.53. The molecule has 0 fully saturated rings. The summed E-state index contributed by atoms with van der Waals surface area (Å²) in [6.45, 7) is 32.8. The Morgan fingerprint density at radius 3 is 1.75 bits per heavy atom. The molecule has 10 rings (SSSR count). The minimum atomic E-state index is -0.0891. The zero-order valence-corrected chi connectivity index (χ0v) is 42.0. The maximum Gasteiger partial charge on any atom is 0.264 e. The largest absolute Gasteiger partial charge is 0.311 e. The number of nitriles is 1. The lowest BCUT2D eigenvalue weighted by molar-refractivity contribution is 0.332. The summed E-state index contributed by atoms with van der Waals surface area (Å²) in [4.78, 5) is 5.17. The minimum absolute atomic E-state index is 0.00777. The monoisotopic (exact) mass is 869 g/mol. The first-order chi connectivity index (χ1) is 30.5. The molecule has 65 heavy (non-hydrogen) atoms. The summed E-state index contributed by atoms with van der Waals surface area (Å²) in [5, 5.41) is 11.9. The van der Waals surface area contributed by atoms with Gasteiger partial charge < -0.3 is 9.80 Å². The first-order valence-corrected chi connectivity index (χ1v) is 24.5. The van der Waals surface area contributed by atoms with Crippen LogP contribution in [0.25, 0.3) is 21.2 Å². The van der Waals surface area contributed by atoms with Crippen molar-refractivity contribution in [3.05, 3.63) is 148 Å². The number of rotatable bonds is 3. The lowest BCUT2D eigenvalue weighted by Gasteiger charge is -2.44. The van der Waals surface area contributed by atoms with E-state index in [-0.39, 0.29) is 33.8 Å². The Morgan fingerprint density at radius 2 is 1.14 bits per heavy atom. The molecule has 0 atom stereocenters. The molecule has 0 N–H and O–H groups in total. The van der Waals surface area contributed by atoms with Gasteiger partial charge in [-0.25, -0.2) is 0 Å². The molecular formula is C60H64BN3S. The molecule has 0 saturated carbocycles. The molecule has 3 heterocycles. The molecular weight excluding hydrogens is 806 g/mol. The second kappa shape index (κ2) is 14.5. The number of nitrogens with zero attached hydrogens (tertiary/aromatic N) is 3. The molecule has 3 nitrogen and oxygen atoms in total. The molecule has 0 radical (unpaired) electrons. The lowest BCUT2D eigenvalue weighted by atomic mass is 9.36. The fourth-order valence-electron chi connectivity index (χ4n) is 11.0. The van der Waals surface area contributed by atoms with Gasteiger partial charge in [-0.1, -0.05) is 139 Å². The van der Waals surface area contributed by atoms with E-state index in [0.29, 0.717) is 5.56 Å². The second-order valence-corrected chi connectivity index (χ2v) is 24.8. The van der Waals surface area contributed by atoms with Gasteiger partial charge in [-0.2, -0.15) is 5.26 Å². The fraction of sp³-hybridized carbons (Fsp3) is 0.350. The van der Waals surface area contributed by atoms with Gasteiger partial charge in [-0.05, 0) is 152 Å². The summed E-state index contributed by atoms with van der Waals surface area (Å²) >= 11 is 2.01. The normalized spacial score (nSPS) is 16.2. The Labute approximate surface area is 393 Å². The van der Waals surface area contributed by atoms with Gasteiger partial charge in [0.05, 0.1) is 23.0 Å². The highest BCUT2D eigenvalue weighted by Gasteiger charge is 2.47. The van der Waals surface area contributed by atoms with Gasteiger partial charge in [-0.15, -0.1) is 11.3 Å². The van der Waals surface area contributed by atoms with Crippen LogP contribution in [0.15, 0.2) is 109 Å². The zero-order valence-electron chi connectivity index (χ0n) is 41.1. The molecule has 0 bridgehead atoms. The summed E-state index contributed by atoms with van der Waals surface area (Å²) in [5.74, 6) is 0. The number of anilines is 6. The van der Waals surface area contributed by atoms with E-state index in [1.165, 1.54) is 100 Å². The smallest absolute Gasteiger partial charge is 0.264 e. The Kier molecular flexibility index (Phi) is 9.64. The number of thiophene rings is 1. The van der Waals surface area contributed by atoms with Crippen molar-refractivity contribution in [1.29, 1.82) is 5.26 Å². The van der Waals surface area contributed by atoms with Crippen molar-refractivity contribution in [3.8, 4) is 17.2 Å². The number of aryl methyl sites for hydroxylation is 1. The number of hydrogen-bond acceptors (Lipinski definition) is 4. The van der Waals surface area contributed by atoms with E-state index in [4.69, 9.17) is 0 Å². The summed E-state index contributed by atoms with van der Waals surface area (Å²) < 4.78 is 2.77. The van der Waals surface area contributed by atoms with Crippen LogP contribution < -0.4 is 25.5 Å².